The summed E-state index contributed by atoms with van der Waals surface area (Å²) in [6.07, 6.45) is 7.72. The van der Waals surface area contributed by atoms with Crippen molar-refractivity contribution in [3.05, 3.63) is 23.7 Å². The van der Waals surface area contributed by atoms with Crippen molar-refractivity contribution in [2.24, 2.45) is 22.7 Å². The number of aliphatic hydroxyl groups excluding tert-OH is 1. The van der Waals surface area contributed by atoms with Gasteiger partial charge >= 0.3 is 0 Å². The minimum Gasteiger partial charge on any atom is -0.469 e. The van der Waals surface area contributed by atoms with Gasteiger partial charge in [-0.15, -0.1) is 0 Å². The molecule has 23 heavy (non-hydrogen) atoms. The molecule has 1 aromatic rings. The molecular weight excluding hydrogens is 288 g/mol. The third-order valence-electron chi connectivity index (χ3n) is 8.21. The molecule has 128 valence electrons. The minimum absolute atomic E-state index is 0.0814. The molecule has 3 aliphatic carbocycles. The predicted octanol–water partition coefficient (Wildman–Crippen LogP) is 3.89. The maximum absolute atomic E-state index is 11.8. The predicted molar refractivity (Wildman–Crippen MR) is 89.1 cm³/mol. The summed E-state index contributed by atoms with van der Waals surface area (Å²) in [5.74, 6) is 2.69. The van der Waals surface area contributed by atoms with Gasteiger partial charge in [-0.3, -0.25) is 0 Å². The van der Waals surface area contributed by atoms with Gasteiger partial charge in [-0.05, 0) is 55.1 Å². The molecule has 0 aromatic carbocycles. The summed E-state index contributed by atoms with van der Waals surface area (Å²) < 4.78 is 5.78. The van der Waals surface area contributed by atoms with E-state index in [2.05, 4.69) is 26.8 Å². The smallest absolute Gasteiger partial charge is 0.107 e. The largest absolute Gasteiger partial charge is 0.469 e. The number of hydrogen-bond donors (Lipinski definition) is 2. The van der Waals surface area contributed by atoms with Crippen molar-refractivity contribution >= 4 is 0 Å². The van der Waals surface area contributed by atoms with Crippen LogP contribution in [0.5, 0.6) is 0 Å². The zero-order chi connectivity index (χ0) is 16.5. The van der Waals surface area contributed by atoms with Crippen molar-refractivity contribution in [1.29, 1.82) is 0 Å². The van der Waals surface area contributed by atoms with E-state index in [-0.39, 0.29) is 17.4 Å². The van der Waals surface area contributed by atoms with Gasteiger partial charge in [0.1, 0.15) is 5.76 Å². The Morgan fingerprint density at radius 1 is 1.26 bits per heavy atom. The van der Waals surface area contributed by atoms with E-state index < -0.39 is 5.60 Å². The van der Waals surface area contributed by atoms with E-state index >= 15 is 0 Å². The Balaban J connectivity index is 1.80. The molecular formula is C20H30O3. The standard InChI is InChI=1S/C20H30O3/c1-13-14-5-9-20(22)18(2,12-21)7-4-8-19(20,3)16(14)11-17-15(13)6-10-23-17/h6,10,13-14,16,21-22H,4-5,7-9,11-12H2,1-3H3. The Labute approximate surface area is 139 Å². The summed E-state index contributed by atoms with van der Waals surface area (Å²) in [7, 11) is 0. The van der Waals surface area contributed by atoms with E-state index in [1.807, 2.05) is 6.26 Å². The van der Waals surface area contributed by atoms with E-state index in [9.17, 15) is 10.2 Å². The molecule has 2 saturated carbocycles. The lowest BCUT2D eigenvalue weighted by Gasteiger charge is -2.66. The third-order valence-corrected chi connectivity index (χ3v) is 8.21. The molecule has 0 spiro atoms. The van der Waals surface area contributed by atoms with Crippen LogP contribution in [0, 0.1) is 22.7 Å². The van der Waals surface area contributed by atoms with Gasteiger partial charge in [-0.1, -0.05) is 27.2 Å². The molecule has 3 aliphatic rings. The van der Waals surface area contributed by atoms with E-state index in [0.29, 0.717) is 17.8 Å². The Hall–Kier alpha value is -0.800. The first kappa shape index (κ1) is 15.7. The normalized spacial score (nSPS) is 49.2. The van der Waals surface area contributed by atoms with E-state index in [1.54, 1.807) is 0 Å². The molecule has 1 aromatic heterocycles. The zero-order valence-corrected chi connectivity index (χ0v) is 14.6. The van der Waals surface area contributed by atoms with Gasteiger partial charge in [0.2, 0.25) is 0 Å². The summed E-state index contributed by atoms with van der Waals surface area (Å²) in [6.45, 7) is 6.79. The molecule has 1 heterocycles. The molecule has 0 aliphatic heterocycles. The van der Waals surface area contributed by atoms with Gasteiger partial charge in [-0.2, -0.15) is 0 Å². The highest BCUT2D eigenvalue weighted by molar-refractivity contribution is 5.30. The van der Waals surface area contributed by atoms with Crippen LogP contribution >= 0.6 is 0 Å². The van der Waals surface area contributed by atoms with Crippen LogP contribution < -0.4 is 0 Å². The van der Waals surface area contributed by atoms with Crippen LogP contribution in [0.15, 0.2) is 16.7 Å². The molecule has 0 amide bonds. The van der Waals surface area contributed by atoms with Gasteiger partial charge in [0.25, 0.3) is 0 Å². The monoisotopic (exact) mass is 318 g/mol. The Kier molecular flexibility index (Phi) is 3.32. The minimum atomic E-state index is -0.766. The van der Waals surface area contributed by atoms with Crippen LogP contribution in [-0.2, 0) is 6.42 Å². The quantitative estimate of drug-likeness (QED) is 0.826. The molecule has 2 fully saturated rings. The first-order valence-electron chi connectivity index (χ1n) is 9.26. The second-order valence-electron chi connectivity index (χ2n) is 8.95. The van der Waals surface area contributed by atoms with Crippen molar-refractivity contribution in [1.82, 2.24) is 0 Å². The summed E-state index contributed by atoms with van der Waals surface area (Å²) >= 11 is 0. The fourth-order valence-corrected chi connectivity index (χ4v) is 6.61. The molecule has 0 radical (unpaired) electrons. The number of rotatable bonds is 1. The fourth-order valence-electron chi connectivity index (χ4n) is 6.61. The summed E-state index contributed by atoms with van der Waals surface area (Å²) in [5, 5.41) is 21.9. The maximum Gasteiger partial charge on any atom is 0.107 e. The van der Waals surface area contributed by atoms with Crippen molar-refractivity contribution in [3.63, 3.8) is 0 Å². The average molecular weight is 318 g/mol. The lowest BCUT2D eigenvalue weighted by atomic mass is 9.41. The number of furan rings is 1. The van der Waals surface area contributed by atoms with E-state index in [0.717, 1.165) is 44.3 Å². The molecule has 0 bridgehead atoms. The Morgan fingerprint density at radius 3 is 2.78 bits per heavy atom. The first-order chi connectivity index (χ1) is 10.9. The molecule has 3 nitrogen and oxygen atoms in total. The lowest BCUT2D eigenvalue weighted by Crippen LogP contribution is -2.68. The van der Waals surface area contributed by atoms with Crippen LogP contribution in [0.2, 0.25) is 0 Å². The van der Waals surface area contributed by atoms with Gasteiger partial charge < -0.3 is 14.6 Å². The number of hydrogen-bond acceptors (Lipinski definition) is 3. The third kappa shape index (κ3) is 1.78. The highest BCUT2D eigenvalue weighted by Gasteiger charge is 2.66. The number of aliphatic hydroxyl groups is 2. The summed E-state index contributed by atoms with van der Waals surface area (Å²) in [5.41, 5.74) is 0.0982. The molecule has 4 rings (SSSR count). The van der Waals surface area contributed by atoms with Crippen LogP contribution in [0.25, 0.3) is 0 Å². The van der Waals surface area contributed by atoms with Gasteiger partial charge in [0.05, 0.1) is 18.5 Å². The molecule has 6 atom stereocenters. The fraction of sp³-hybridized carbons (Fsp3) is 0.800. The second-order valence-corrected chi connectivity index (χ2v) is 8.95. The zero-order valence-electron chi connectivity index (χ0n) is 14.6. The SMILES string of the molecule is CC1c2ccoc2CC2C1CCC1(O)C(C)(CO)CCCC21C. The molecule has 3 heteroatoms. The molecule has 2 N–H and O–H groups in total. The molecule has 0 saturated heterocycles. The van der Waals surface area contributed by atoms with Crippen LogP contribution in [0.4, 0.5) is 0 Å². The van der Waals surface area contributed by atoms with E-state index in [1.165, 1.54) is 5.56 Å². The van der Waals surface area contributed by atoms with Crippen molar-refractivity contribution in [3.8, 4) is 0 Å². The van der Waals surface area contributed by atoms with Gasteiger partial charge in [0, 0.05) is 17.3 Å². The van der Waals surface area contributed by atoms with E-state index in [4.69, 9.17) is 4.42 Å². The van der Waals surface area contributed by atoms with Crippen LogP contribution in [-0.4, -0.2) is 22.4 Å². The molecule has 6 unspecified atom stereocenters. The average Bonchev–Trinajstić information content (AvgIpc) is 3.00. The Morgan fingerprint density at radius 2 is 2.04 bits per heavy atom. The van der Waals surface area contributed by atoms with Gasteiger partial charge in [0.15, 0.2) is 0 Å². The van der Waals surface area contributed by atoms with Gasteiger partial charge in [-0.25, -0.2) is 0 Å². The van der Waals surface area contributed by atoms with Crippen LogP contribution in [0.1, 0.15) is 70.1 Å². The highest BCUT2D eigenvalue weighted by Crippen LogP contribution is 2.66. The summed E-state index contributed by atoms with van der Waals surface area (Å²) in [4.78, 5) is 0. The highest BCUT2D eigenvalue weighted by atomic mass is 16.3. The Bertz CT molecular complexity index is 608. The second kappa shape index (κ2) is 4.86. The van der Waals surface area contributed by atoms with Crippen molar-refractivity contribution in [2.45, 2.75) is 70.8 Å². The van der Waals surface area contributed by atoms with Crippen molar-refractivity contribution in [2.75, 3.05) is 6.61 Å². The first-order valence-corrected chi connectivity index (χ1v) is 9.26. The summed E-state index contributed by atoms with van der Waals surface area (Å²) in [6, 6.07) is 2.14. The lowest BCUT2D eigenvalue weighted by molar-refractivity contribution is -0.253. The topological polar surface area (TPSA) is 53.6 Å². The maximum atomic E-state index is 11.8. The van der Waals surface area contributed by atoms with Crippen molar-refractivity contribution < 1.29 is 14.6 Å². The van der Waals surface area contributed by atoms with Crippen LogP contribution in [0.3, 0.4) is 0 Å². The number of fused-ring (bicyclic) bond motifs is 4.